The van der Waals surface area contributed by atoms with E-state index < -0.39 is 0 Å². The molecule has 0 unspecified atom stereocenters. The predicted molar refractivity (Wildman–Crippen MR) is 61.9 cm³/mol. The molecule has 0 aromatic carbocycles. The minimum atomic E-state index is 0.327. The summed E-state index contributed by atoms with van der Waals surface area (Å²) in [5, 5.41) is 0. The molecule has 0 aliphatic carbocycles. The van der Waals surface area contributed by atoms with Crippen LogP contribution in [0.2, 0.25) is 0 Å². The van der Waals surface area contributed by atoms with Gasteiger partial charge in [0.15, 0.2) is 0 Å². The maximum Gasteiger partial charge on any atom is -0.0201 e. The molecule has 0 fully saturated rings. The molecule has 0 aliphatic rings. The lowest BCUT2D eigenvalue weighted by Crippen LogP contribution is -2.00. The van der Waals surface area contributed by atoms with Crippen molar-refractivity contribution in [2.75, 3.05) is 0 Å². The number of rotatable bonds is 4. The highest BCUT2D eigenvalue weighted by Gasteiger charge is 2.05. The molecule has 0 heteroatoms. The molecule has 0 radical (unpaired) electrons. The summed E-state index contributed by atoms with van der Waals surface area (Å²) >= 11 is 0. The third-order valence-electron chi connectivity index (χ3n) is 1.85. The molecule has 0 bridgehead atoms. The van der Waals surface area contributed by atoms with Crippen LogP contribution >= 0.6 is 0 Å². The molecule has 0 rings (SSSR count). The quantitative estimate of drug-likeness (QED) is 0.549. The Labute approximate surface area is 83.7 Å². The van der Waals surface area contributed by atoms with Gasteiger partial charge in [-0.2, -0.15) is 0 Å². The fourth-order valence-electron chi connectivity index (χ4n) is 1.48. The summed E-state index contributed by atoms with van der Waals surface area (Å²) in [5.41, 5.74) is 3.13. The number of hydrogen-bond donors (Lipinski definition) is 0. The van der Waals surface area contributed by atoms with Gasteiger partial charge < -0.3 is 0 Å². The Bertz CT molecular complexity index is 189. The molecule has 0 spiro atoms. The van der Waals surface area contributed by atoms with Crippen molar-refractivity contribution in [2.24, 2.45) is 5.41 Å². The van der Waals surface area contributed by atoms with E-state index in [1.165, 1.54) is 24.0 Å². The average Bonchev–Trinajstić information content (AvgIpc) is 1.81. The zero-order chi connectivity index (χ0) is 10.5. The second kappa shape index (κ2) is 5.26. The van der Waals surface area contributed by atoms with Gasteiger partial charge in [0, 0.05) is 0 Å². The van der Waals surface area contributed by atoms with E-state index in [2.05, 4.69) is 47.3 Å². The third kappa shape index (κ3) is 9.39. The second-order valence-corrected chi connectivity index (χ2v) is 5.17. The summed E-state index contributed by atoms with van der Waals surface area (Å²) in [6.07, 6.45) is 5.98. The van der Waals surface area contributed by atoms with E-state index in [0.29, 0.717) is 5.41 Å². The fraction of sp³-hybridized carbons (Fsp3) is 0.692. The van der Waals surface area contributed by atoms with Crippen LogP contribution in [0.1, 0.15) is 53.9 Å². The van der Waals surface area contributed by atoms with Crippen molar-refractivity contribution in [1.82, 2.24) is 0 Å². The van der Waals surface area contributed by atoms with E-state index in [-0.39, 0.29) is 0 Å². The number of allylic oxidation sites excluding steroid dienone is 3. The van der Waals surface area contributed by atoms with Crippen molar-refractivity contribution in [3.8, 4) is 0 Å². The number of hydrogen-bond acceptors (Lipinski definition) is 0. The minimum absolute atomic E-state index is 0.327. The van der Waals surface area contributed by atoms with Gasteiger partial charge in [0.05, 0.1) is 0 Å². The van der Waals surface area contributed by atoms with E-state index in [9.17, 15) is 0 Å². The molecular formula is C13H24. The lowest BCUT2D eigenvalue weighted by atomic mass is 9.92. The maximum absolute atomic E-state index is 3.91. The molecule has 0 aromatic heterocycles. The normalized spacial score (nSPS) is 13.2. The van der Waals surface area contributed by atoms with Crippen LogP contribution in [0.3, 0.4) is 0 Å². The zero-order valence-corrected chi connectivity index (χ0v) is 9.91. The van der Waals surface area contributed by atoms with Crippen LogP contribution in [0.5, 0.6) is 0 Å². The Morgan fingerprint density at radius 1 is 1.15 bits per heavy atom. The van der Waals surface area contributed by atoms with Gasteiger partial charge in [-0.25, -0.2) is 0 Å². The Morgan fingerprint density at radius 2 is 1.69 bits per heavy atom. The molecule has 0 atom stereocenters. The second-order valence-electron chi connectivity index (χ2n) is 5.17. The minimum Gasteiger partial charge on any atom is -0.100 e. The van der Waals surface area contributed by atoms with Crippen molar-refractivity contribution in [3.63, 3.8) is 0 Å². The van der Waals surface area contributed by atoms with Gasteiger partial charge >= 0.3 is 0 Å². The van der Waals surface area contributed by atoms with E-state index in [1.54, 1.807) is 0 Å². The van der Waals surface area contributed by atoms with Gasteiger partial charge in [0.2, 0.25) is 0 Å². The maximum atomic E-state index is 3.91. The summed E-state index contributed by atoms with van der Waals surface area (Å²) in [6, 6.07) is 0. The molecule has 13 heavy (non-hydrogen) atoms. The van der Waals surface area contributed by atoms with Gasteiger partial charge in [-0.3, -0.25) is 0 Å². The summed E-state index contributed by atoms with van der Waals surface area (Å²) in [4.78, 5) is 0. The van der Waals surface area contributed by atoms with Crippen molar-refractivity contribution in [1.29, 1.82) is 0 Å². The molecule has 0 nitrogen and oxygen atoms in total. The van der Waals surface area contributed by atoms with Crippen LogP contribution in [0.15, 0.2) is 23.8 Å². The van der Waals surface area contributed by atoms with Crippen molar-refractivity contribution >= 4 is 0 Å². The molecule has 0 saturated heterocycles. The average molecular weight is 180 g/mol. The highest BCUT2D eigenvalue weighted by Crippen LogP contribution is 2.20. The Hall–Kier alpha value is -0.520. The van der Waals surface area contributed by atoms with Gasteiger partial charge in [-0.15, -0.1) is 6.58 Å². The monoisotopic (exact) mass is 180 g/mol. The largest absolute Gasteiger partial charge is 0.100 e. The Balaban J connectivity index is 3.81. The van der Waals surface area contributed by atoms with Crippen molar-refractivity contribution < 1.29 is 0 Å². The van der Waals surface area contributed by atoms with Gasteiger partial charge in [-0.05, 0) is 38.5 Å². The highest BCUT2D eigenvalue weighted by atomic mass is 14.1. The van der Waals surface area contributed by atoms with Crippen molar-refractivity contribution in [3.05, 3.63) is 23.8 Å². The first kappa shape index (κ1) is 12.5. The smallest absolute Gasteiger partial charge is 0.0201 e. The van der Waals surface area contributed by atoms with Crippen LogP contribution in [0.25, 0.3) is 0 Å². The predicted octanol–water partition coefficient (Wildman–Crippen LogP) is 4.73. The summed E-state index contributed by atoms with van der Waals surface area (Å²) in [7, 11) is 0. The lowest BCUT2D eigenvalue weighted by molar-refractivity contribution is 0.536. The van der Waals surface area contributed by atoms with Crippen LogP contribution in [-0.4, -0.2) is 0 Å². The Morgan fingerprint density at radius 3 is 2.08 bits per heavy atom. The van der Waals surface area contributed by atoms with E-state index in [1.807, 2.05) is 0 Å². The molecule has 0 N–H and O–H groups in total. The van der Waals surface area contributed by atoms with Crippen LogP contribution in [0, 0.1) is 5.41 Å². The topological polar surface area (TPSA) is 0 Å². The van der Waals surface area contributed by atoms with Gasteiger partial charge in [0.1, 0.15) is 0 Å². The van der Waals surface area contributed by atoms with Crippen molar-refractivity contribution in [2.45, 2.75) is 53.9 Å². The summed E-state index contributed by atoms with van der Waals surface area (Å²) < 4.78 is 0. The summed E-state index contributed by atoms with van der Waals surface area (Å²) in [6.45, 7) is 15.0. The molecule has 76 valence electrons. The molecule has 0 saturated carbocycles. The molecular weight excluding hydrogens is 156 g/mol. The van der Waals surface area contributed by atoms with E-state index in [0.717, 1.165) is 6.42 Å². The lowest BCUT2D eigenvalue weighted by Gasteiger charge is -2.14. The molecule has 0 aliphatic heterocycles. The van der Waals surface area contributed by atoms with Crippen LogP contribution in [0.4, 0.5) is 0 Å². The SMILES string of the molecule is C=C(C)CCC/C(C)=C/C(C)(C)C. The fourth-order valence-corrected chi connectivity index (χ4v) is 1.48. The first-order valence-corrected chi connectivity index (χ1v) is 5.14. The molecule has 0 aromatic rings. The van der Waals surface area contributed by atoms with Crippen LogP contribution in [-0.2, 0) is 0 Å². The van der Waals surface area contributed by atoms with E-state index >= 15 is 0 Å². The zero-order valence-electron chi connectivity index (χ0n) is 9.91. The van der Waals surface area contributed by atoms with Crippen LogP contribution < -0.4 is 0 Å². The standard InChI is InChI=1S/C13H24/c1-11(2)8-7-9-12(3)10-13(4,5)6/h10H,1,7-9H2,2-6H3/b12-10+. The van der Waals surface area contributed by atoms with Gasteiger partial charge in [0.25, 0.3) is 0 Å². The highest BCUT2D eigenvalue weighted by molar-refractivity contribution is 5.04. The van der Waals surface area contributed by atoms with E-state index in [4.69, 9.17) is 0 Å². The molecule has 0 amide bonds. The first-order valence-electron chi connectivity index (χ1n) is 5.14. The Kier molecular flexibility index (Phi) is 5.05. The third-order valence-corrected chi connectivity index (χ3v) is 1.85. The first-order chi connectivity index (χ1) is 5.81. The summed E-state index contributed by atoms with van der Waals surface area (Å²) in [5.74, 6) is 0. The van der Waals surface area contributed by atoms with Gasteiger partial charge in [-0.1, -0.05) is 38.0 Å². The molecule has 0 heterocycles.